The molecule has 4 amide bonds. The summed E-state index contributed by atoms with van der Waals surface area (Å²) in [4.78, 5) is 51.2. The van der Waals surface area contributed by atoms with E-state index < -0.39 is 35.9 Å². The fourth-order valence-electron chi connectivity index (χ4n) is 3.60. The Hall–Kier alpha value is -3.40. The average molecular weight is 429 g/mol. The van der Waals surface area contributed by atoms with Crippen LogP contribution in [0.5, 0.6) is 5.75 Å². The first kappa shape index (κ1) is 19.9. The lowest BCUT2D eigenvalue weighted by molar-refractivity contribution is -0.135. The molecule has 0 aliphatic carbocycles. The third-order valence-electron chi connectivity index (χ3n) is 4.97. The molecule has 1 aromatic heterocycles. The predicted molar refractivity (Wildman–Crippen MR) is 107 cm³/mol. The number of ether oxygens (including phenoxy) is 2. The fourth-order valence-corrected chi connectivity index (χ4v) is 4.39. The number of anilines is 1. The number of hydrogen-bond donors (Lipinski definition) is 2. The number of carbonyl (C=O) groups excluding carboxylic acids is 4. The van der Waals surface area contributed by atoms with Gasteiger partial charge < -0.3 is 20.1 Å². The second kappa shape index (κ2) is 7.79. The van der Waals surface area contributed by atoms with Crippen molar-refractivity contribution in [2.75, 3.05) is 25.1 Å². The van der Waals surface area contributed by atoms with Crippen molar-refractivity contribution >= 4 is 40.2 Å². The van der Waals surface area contributed by atoms with Crippen LogP contribution in [-0.2, 0) is 19.9 Å². The standard InChI is InChI=1S/C20H19N3O6S/c1-2-28-17(25)12-7-10-30-16(12)21-15(24)11-23-18(26)20(22-19(23)27)8-9-29-14-6-4-3-5-13(14)20/h3-7,10H,2,8-9,11H2,1H3,(H,21,24)(H,22,27). The lowest BCUT2D eigenvalue weighted by Crippen LogP contribution is -2.48. The molecule has 1 saturated heterocycles. The molecular formula is C20H19N3O6S. The number of nitrogens with zero attached hydrogens (tertiary/aromatic N) is 1. The van der Waals surface area contributed by atoms with Crippen molar-refractivity contribution in [2.45, 2.75) is 18.9 Å². The van der Waals surface area contributed by atoms with Gasteiger partial charge in [0.15, 0.2) is 5.54 Å². The Kier molecular flexibility index (Phi) is 5.17. The number of fused-ring (bicyclic) bond motifs is 2. The minimum Gasteiger partial charge on any atom is -0.493 e. The van der Waals surface area contributed by atoms with Crippen LogP contribution in [0, 0.1) is 0 Å². The van der Waals surface area contributed by atoms with E-state index in [2.05, 4.69) is 10.6 Å². The summed E-state index contributed by atoms with van der Waals surface area (Å²) in [6.07, 6.45) is 0.268. The van der Waals surface area contributed by atoms with Crippen molar-refractivity contribution < 1.29 is 28.7 Å². The summed E-state index contributed by atoms with van der Waals surface area (Å²) in [7, 11) is 0. The van der Waals surface area contributed by atoms with Gasteiger partial charge in [0.05, 0.1) is 18.8 Å². The van der Waals surface area contributed by atoms with E-state index in [9.17, 15) is 19.2 Å². The van der Waals surface area contributed by atoms with E-state index in [1.54, 1.807) is 42.6 Å². The zero-order valence-corrected chi connectivity index (χ0v) is 16.9. The number of benzene rings is 1. The van der Waals surface area contributed by atoms with Gasteiger partial charge in [0.2, 0.25) is 5.91 Å². The molecule has 1 spiro atoms. The maximum atomic E-state index is 13.2. The number of thiophene rings is 1. The predicted octanol–water partition coefficient (Wildman–Crippen LogP) is 2.09. The van der Waals surface area contributed by atoms with Gasteiger partial charge in [0.25, 0.3) is 5.91 Å². The minimum atomic E-state index is -1.24. The SMILES string of the molecule is CCOC(=O)c1ccsc1NC(=O)CN1C(=O)NC2(CCOc3ccccc32)C1=O. The second-order valence-electron chi connectivity index (χ2n) is 6.75. The van der Waals surface area contributed by atoms with E-state index in [-0.39, 0.29) is 25.2 Å². The number of rotatable bonds is 5. The summed E-state index contributed by atoms with van der Waals surface area (Å²) >= 11 is 1.15. The van der Waals surface area contributed by atoms with Gasteiger partial charge in [-0.05, 0) is 24.4 Å². The highest BCUT2D eigenvalue weighted by molar-refractivity contribution is 7.14. The van der Waals surface area contributed by atoms with Gasteiger partial charge in [-0.25, -0.2) is 9.59 Å². The van der Waals surface area contributed by atoms with Crippen LogP contribution in [0.2, 0.25) is 0 Å². The molecule has 1 atom stereocenters. The van der Waals surface area contributed by atoms with E-state index in [0.717, 1.165) is 16.2 Å². The van der Waals surface area contributed by atoms with Gasteiger partial charge in [0.1, 0.15) is 17.3 Å². The summed E-state index contributed by atoms with van der Waals surface area (Å²) < 4.78 is 10.6. The van der Waals surface area contributed by atoms with Crippen LogP contribution in [0.1, 0.15) is 29.3 Å². The Bertz CT molecular complexity index is 1040. The Morgan fingerprint density at radius 1 is 1.30 bits per heavy atom. The topological polar surface area (TPSA) is 114 Å². The summed E-state index contributed by atoms with van der Waals surface area (Å²) in [5.74, 6) is -1.12. The van der Waals surface area contributed by atoms with Crippen molar-refractivity contribution in [1.82, 2.24) is 10.2 Å². The Labute approximate surface area is 175 Å². The van der Waals surface area contributed by atoms with Crippen LogP contribution in [0.25, 0.3) is 0 Å². The first-order valence-electron chi connectivity index (χ1n) is 9.37. The average Bonchev–Trinajstić information content (AvgIpc) is 3.27. The highest BCUT2D eigenvalue weighted by Crippen LogP contribution is 2.40. The number of esters is 1. The van der Waals surface area contributed by atoms with Crippen LogP contribution in [0.3, 0.4) is 0 Å². The Balaban J connectivity index is 1.51. The summed E-state index contributed by atoms with van der Waals surface area (Å²) in [6.45, 7) is 1.68. The van der Waals surface area contributed by atoms with Gasteiger partial charge in [-0.15, -0.1) is 11.3 Å². The van der Waals surface area contributed by atoms with Crippen molar-refractivity contribution in [3.05, 3.63) is 46.8 Å². The minimum absolute atomic E-state index is 0.206. The van der Waals surface area contributed by atoms with Gasteiger partial charge >= 0.3 is 12.0 Å². The number of urea groups is 1. The summed E-state index contributed by atoms with van der Waals surface area (Å²) in [6, 6.07) is 7.90. The molecule has 2 aromatic rings. The molecule has 3 heterocycles. The third kappa shape index (κ3) is 3.28. The normalized spacial score (nSPS) is 19.8. The molecular weight excluding hydrogens is 410 g/mol. The van der Waals surface area contributed by atoms with Crippen LogP contribution >= 0.6 is 11.3 Å². The maximum Gasteiger partial charge on any atom is 0.341 e. The van der Waals surface area contributed by atoms with E-state index in [0.29, 0.717) is 16.3 Å². The Morgan fingerprint density at radius 3 is 2.90 bits per heavy atom. The summed E-state index contributed by atoms with van der Waals surface area (Å²) in [5.41, 5.74) is -0.451. The van der Waals surface area contributed by atoms with Gasteiger partial charge in [-0.2, -0.15) is 0 Å². The first-order valence-corrected chi connectivity index (χ1v) is 10.2. The fraction of sp³-hybridized carbons (Fsp3) is 0.300. The molecule has 1 aromatic carbocycles. The molecule has 2 N–H and O–H groups in total. The smallest absolute Gasteiger partial charge is 0.341 e. The second-order valence-corrected chi connectivity index (χ2v) is 7.67. The molecule has 9 nitrogen and oxygen atoms in total. The highest BCUT2D eigenvalue weighted by atomic mass is 32.1. The lowest BCUT2D eigenvalue weighted by Gasteiger charge is -2.33. The van der Waals surface area contributed by atoms with Crippen LogP contribution in [0.4, 0.5) is 9.80 Å². The zero-order chi connectivity index (χ0) is 21.3. The van der Waals surface area contributed by atoms with Crippen LogP contribution in [0.15, 0.2) is 35.7 Å². The number of amides is 4. The lowest BCUT2D eigenvalue weighted by atomic mass is 9.84. The first-order chi connectivity index (χ1) is 14.5. The van der Waals surface area contributed by atoms with Gasteiger partial charge in [0, 0.05) is 12.0 Å². The third-order valence-corrected chi connectivity index (χ3v) is 5.80. The molecule has 10 heteroatoms. The quantitative estimate of drug-likeness (QED) is 0.556. The van der Waals surface area contributed by atoms with Crippen LogP contribution in [-0.4, -0.2) is 48.5 Å². The van der Waals surface area contributed by atoms with Crippen molar-refractivity contribution in [2.24, 2.45) is 0 Å². The van der Waals surface area contributed by atoms with Crippen LogP contribution < -0.4 is 15.4 Å². The number of nitrogens with one attached hydrogen (secondary N) is 2. The molecule has 1 unspecified atom stereocenters. The maximum absolute atomic E-state index is 13.2. The zero-order valence-electron chi connectivity index (χ0n) is 16.1. The molecule has 30 heavy (non-hydrogen) atoms. The van der Waals surface area contributed by atoms with Crippen molar-refractivity contribution in [3.63, 3.8) is 0 Å². The molecule has 2 aliphatic rings. The molecule has 1 fully saturated rings. The van der Waals surface area contributed by atoms with E-state index in [1.807, 2.05) is 0 Å². The van der Waals surface area contributed by atoms with E-state index >= 15 is 0 Å². The van der Waals surface area contributed by atoms with Gasteiger partial charge in [-0.3, -0.25) is 14.5 Å². The van der Waals surface area contributed by atoms with Crippen molar-refractivity contribution in [3.8, 4) is 5.75 Å². The number of para-hydroxylation sites is 1. The molecule has 4 rings (SSSR count). The molecule has 0 radical (unpaired) electrons. The number of hydrogen-bond acceptors (Lipinski definition) is 7. The van der Waals surface area contributed by atoms with Crippen molar-refractivity contribution in [1.29, 1.82) is 0 Å². The number of carbonyl (C=O) groups is 4. The largest absolute Gasteiger partial charge is 0.493 e. The molecule has 0 bridgehead atoms. The number of imide groups is 1. The highest BCUT2D eigenvalue weighted by Gasteiger charge is 2.55. The molecule has 156 valence electrons. The van der Waals surface area contributed by atoms with E-state index in [4.69, 9.17) is 9.47 Å². The molecule has 0 saturated carbocycles. The summed E-state index contributed by atoms with van der Waals surface area (Å²) in [5, 5.41) is 7.28. The van der Waals surface area contributed by atoms with Gasteiger partial charge in [-0.1, -0.05) is 18.2 Å². The van der Waals surface area contributed by atoms with E-state index in [1.165, 1.54) is 0 Å². The Morgan fingerprint density at radius 2 is 2.10 bits per heavy atom. The monoisotopic (exact) mass is 429 g/mol. The molecule has 2 aliphatic heterocycles.